The lowest BCUT2D eigenvalue weighted by Gasteiger charge is -2.11. The van der Waals surface area contributed by atoms with E-state index in [1.807, 2.05) is 60.7 Å². The standard InChI is InChI=1S/C20H20O4/c21-19(22)17(13-15-7-3-1-4-8-15)11-12-18(20(23)24)14-16-9-5-2-6-10-16/h1-12,17-18H,13-14H2,(H,21,22)(H,23,24)/b12-11+/t17-,18-/m1/s1. The van der Waals surface area contributed by atoms with E-state index in [1.54, 1.807) is 0 Å². The molecule has 0 radical (unpaired) electrons. The molecule has 0 amide bonds. The average Bonchev–Trinajstić information content (AvgIpc) is 2.58. The van der Waals surface area contributed by atoms with Crippen molar-refractivity contribution in [1.29, 1.82) is 0 Å². The highest BCUT2D eigenvalue weighted by molar-refractivity contribution is 5.75. The summed E-state index contributed by atoms with van der Waals surface area (Å²) in [5.41, 5.74) is 1.81. The first-order valence-corrected chi connectivity index (χ1v) is 7.78. The quantitative estimate of drug-likeness (QED) is 0.730. The molecule has 0 spiro atoms. The van der Waals surface area contributed by atoms with E-state index in [4.69, 9.17) is 0 Å². The number of carboxylic acid groups (broad SMARTS) is 2. The third kappa shape index (κ3) is 5.39. The molecule has 0 aliphatic carbocycles. The van der Waals surface area contributed by atoms with Gasteiger partial charge >= 0.3 is 11.9 Å². The van der Waals surface area contributed by atoms with Gasteiger partial charge < -0.3 is 10.2 Å². The maximum Gasteiger partial charge on any atom is 0.310 e. The minimum atomic E-state index is -0.959. The number of benzene rings is 2. The second kappa shape index (κ2) is 8.67. The smallest absolute Gasteiger partial charge is 0.310 e. The van der Waals surface area contributed by atoms with Crippen LogP contribution in [0.5, 0.6) is 0 Å². The van der Waals surface area contributed by atoms with E-state index in [1.165, 1.54) is 12.2 Å². The fraction of sp³-hybridized carbons (Fsp3) is 0.200. The van der Waals surface area contributed by atoms with E-state index in [0.717, 1.165) is 11.1 Å². The van der Waals surface area contributed by atoms with Crippen molar-refractivity contribution in [2.75, 3.05) is 0 Å². The molecular formula is C20H20O4. The van der Waals surface area contributed by atoms with Crippen molar-refractivity contribution < 1.29 is 19.8 Å². The van der Waals surface area contributed by atoms with Crippen molar-refractivity contribution in [3.05, 3.63) is 83.9 Å². The maximum absolute atomic E-state index is 11.4. The first kappa shape index (κ1) is 17.5. The van der Waals surface area contributed by atoms with Crippen LogP contribution in [-0.2, 0) is 22.4 Å². The Morgan fingerprint density at radius 1 is 0.708 bits per heavy atom. The van der Waals surface area contributed by atoms with E-state index in [0.29, 0.717) is 12.8 Å². The van der Waals surface area contributed by atoms with Crippen molar-refractivity contribution in [2.45, 2.75) is 12.8 Å². The van der Waals surface area contributed by atoms with Crippen LogP contribution in [-0.4, -0.2) is 22.2 Å². The van der Waals surface area contributed by atoms with Crippen molar-refractivity contribution >= 4 is 11.9 Å². The minimum Gasteiger partial charge on any atom is -0.481 e. The molecule has 0 aromatic heterocycles. The summed E-state index contributed by atoms with van der Waals surface area (Å²) in [5.74, 6) is -3.41. The monoisotopic (exact) mass is 324 g/mol. The largest absolute Gasteiger partial charge is 0.481 e. The summed E-state index contributed by atoms with van der Waals surface area (Å²) in [6, 6.07) is 18.6. The zero-order valence-corrected chi connectivity index (χ0v) is 13.2. The molecule has 4 nitrogen and oxygen atoms in total. The molecule has 0 aliphatic heterocycles. The number of hydrogen-bond acceptors (Lipinski definition) is 2. The molecule has 24 heavy (non-hydrogen) atoms. The molecule has 4 heteroatoms. The third-order valence-electron chi connectivity index (χ3n) is 3.81. The number of rotatable bonds is 8. The topological polar surface area (TPSA) is 74.6 Å². The van der Waals surface area contributed by atoms with Crippen LogP contribution in [0.4, 0.5) is 0 Å². The molecule has 0 heterocycles. The van der Waals surface area contributed by atoms with Crippen LogP contribution in [0, 0.1) is 11.8 Å². The SMILES string of the molecule is O=C(O)[C@H](/C=C/[C@H](Cc1ccccc1)C(=O)O)Cc1ccccc1. The van der Waals surface area contributed by atoms with E-state index < -0.39 is 23.8 Å². The summed E-state index contributed by atoms with van der Waals surface area (Å²) in [4.78, 5) is 22.9. The second-order valence-electron chi connectivity index (χ2n) is 5.65. The van der Waals surface area contributed by atoms with Gasteiger partial charge in [0.15, 0.2) is 0 Å². The lowest BCUT2D eigenvalue weighted by molar-refractivity contribution is -0.141. The van der Waals surface area contributed by atoms with E-state index in [2.05, 4.69) is 0 Å². The molecule has 124 valence electrons. The van der Waals surface area contributed by atoms with Gasteiger partial charge in [0.25, 0.3) is 0 Å². The van der Waals surface area contributed by atoms with Crippen molar-refractivity contribution in [1.82, 2.24) is 0 Å². The Morgan fingerprint density at radius 3 is 1.33 bits per heavy atom. The molecular weight excluding hydrogens is 304 g/mol. The summed E-state index contributed by atoms with van der Waals surface area (Å²) in [6.45, 7) is 0. The summed E-state index contributed by atoms with van der Waals surface area (Å²) in [6.07, 6.45) is 3.67. The fourth-order valence-corrected chi connectivity index (χ4v) is 2.48. The Labute approximate surface area is 141 Å². The third-order valence-corrected chi connectivity index (χ3v) is 3.81. The second-order valence-corrected chi connectivity index (χ2v) is 5.65. The summed E-state index contributed by atoms with van der Waals surface area (Å²) < 4.78 is 0. The van der Waals surface area contributed by atoms with E-state index in [-0.39, 0.29) is 0 Å². The fourth-order valence-electron chi connectivity index (χ4n) is 2.48. The molecule has 2 N–H and O–H groups in total. The number of carbonyl (C=O) groups is 2. The van der Waals surface area contributed by atoms with Gasteiger partial charge in [0.2, 0.25) is 0 Å². The van der Waals surface area contributed by atoms with Crippen LogP contribution in [0.1, 0.15) is 11.1 Å². The molecule has 2 aromatic carbocycles. The minimum absolute atomic E-state index is 0.338. The van der Waals surface area contributed by atoms with Crippen molar-refractivity contribution in [3.8, 4) is 0 Å². The average molecular weight is 324 g/mol. The van der Waals surface area contributed by atoms with Crippen LogP contribution in [0.15, 0.2) is 72.8 Å². The highest BCUT2D eigenvalue weighted by Gasteiger charge is 2.18. The Hall–Kier alpha value is -2.88. The number of hydrogen-bond donors (Lipinski definition) is 2. The molecule has 0 saturated carbocycles. The van der Waals surface area contributed by atoms with Crippen LogP contribution >= 0.6 is 0 Å². The van der Waals surface area contributed by atoms with Gasteiger partial charge in [-0.05, 0) is 24.0 Å². The zero-order valence-electron chi connectivity index (χ0n) is 13.2. The van der Waals surface area contributed by atoms with Crippen LogP contribution in [0.3, 0.4) is 0 Å². The molecule has 0 saturated heterocycles. The highest BCUT2D eigenvalue weighted by atomic mass is 16.4. The van der Waals surface area contributed by atoms with Crippen LogP contribution in [0.25, 0.3) is 0 Å². The number of carboxylic acids is 2. The maximum atomic E-state index is 11.4. The van der Waals surface area contributed by atoms with Gasteiger partial charge in [0, 0.05) is 0 Å². The molecule has 0 aliphatic rings. The molecule has 2 atom stereocenters. The lowest BCUT2D eigenvalue weighted by Crippen LogP contribution is -2.17. The van der Waals surface area contributed by atoms with Crippen LogP contribution < -0.4 is 0 Å². The first-order chi connectivity index (χ1) is 11.6. The Kier molecular flexibility index (Phi) is 6.32. The van der Waals surface area contributed by atoms with Crippen LogP contribution in [0.2, 0.25) is 0 Å². The summed E-state index contributed by atoms with van der Waals surface area (Å²) in [7, 11) is 0. The number of aliphatic carboxylic acids is 2. The predicted molar refractivity (Wildman–Crippen MR) is 91.7 cm³/mol. The van der Waals surface area contributed by atoms with Gasteiger partial charge in [0.05, 0.1) is 11.8 Å². The van der Waals surface area contributed by atoms with Gasteiger partial charge in [-0.2, -0.15) is 0 Å². The molecule has 0 bridgehead atoms. The molecule has 0 unspecified atom stereocenters. The predicted octanol–water partition coefficient (Wildman–Crippen LogP) is 3.43. The normalized spacial score (nSPS) is 13.5. The van der Waals surface area contributed by atoms with Gasteiger partial charge in [-0.1, -0.05) is 72.8 Å². The van der Waals surface area contributed by atoms with Gasteiger partial charge in [-0.25, -0.2) is 0 Å². The first-order valence-electron chi connectivity index (χ1n) is 7.78. The van der Waals surface area contributed by atoms with Gasteiger partial charge in [0.1, 0.15) is 0 Å². The van der Waals surface area contributed by atoms with E-state index >= 15 is 0 Å². The zero-order chi connectivity index (χ0) is 17.4. The van der Waals surface area contributed by atoms with Crippen molar-refractivity contribution in [3.63, 3.8) is 0 Å². The highest BCUT2D eigenvalue weighted by Crippen LogP contribution is 2.15. The molecule has 0 fully saturated rings. The van der Waals surface area contributed by atoms with Gasteiger partial charge in [-0.15, -0.1) is 0 Å². The molecule has 2 rings (SSSR count). The van der Waals surface area contributed by atoms with E-state index in [9.17, 15) is 19.8 Å². The Morgan fingerprint density at radius 2 is 1.04 bits per heavy atom. The lowest BCUT2D eigenvalue weighted by atomic mass is 9.94. The molecule has 2 aromatic rings. The summed E-state index contributed by atoms with van der Waals surface area (Å²) >= 11 is 0. The summed E-state index contributed by atoms with van der Waals surface area (Å²) in [5, 5.41) is 18.8. The van der Waals surface area contributed by atoms with Gasteiger partial charge in [-0.3, -0.25) is 9.59 Å². The Balaban J connectivity index is 2.09. The Bertz CT molecular complexity index is 631. The van der Waals surface area contributed by atoms with Crippen molar-refractivity contribution in [2.24, 2.45) is 11.8 Å².